The smallest absolute Gasteiger partial charge is 0.259 e. The third-order valence-electron chi connectivity index (χ3n) is 5.07. The van der Waals surface area contributed by atoms with Crippen molar-refractivity contribution in [3.63, 3.8) is 0 Å². The molecular weight excluding hydrogens is 396 g/mol. The van der Waals surface area contributed by atoms with E-state index in [2.05, 4.69) is 5.32 Å². The van der Waals surface area contributed by atoms with Crippen LogP contribution < -0.4 is 5.32 Å². The predicted molar refractivity (Wildman–Crippen MR) is 121 cm³/mol. The molecule has 2 heterocycles. The van der Waals surface area contributed by atoms with E-state index in [9.17, 15) is 9.59 Å². The van der Waals surface area contributed by atoms with Crippen molar-refractivity contribution in [1.82, 2.24) is 10.2 Å². The van der Waals surface area contributed by atoms with Gasteiger partial charge < -0.3 is 5.32 Å². The summed E-state index contributed by atoms with van der Waals surface area (Å²) in [5.41, 5.74) is 2.67. The third kappa shape index (κ3) is 4.03. The standard InChI is InChI=1S/C23H24N4O2S/c1-3-9-19-22(29)27-20(25-19)17-12-7-8-13-18(17)26-23(27)30-15(2)21(28)24-14-16-10-5-4-6-11-16/h4-8,10-13,15,19H,3,9,14H2,1-2H3,(H,24,28). The molecule has 2 unspecified atom stereocenters. The van der Waals surface area contributed by atoms with Gasteiger partial charge in [0.1, 0.15) is 11.9 Å². The van der Waals surface area contributed by atoms with Crippen LogP contribution in [-0.2, 0) is 16.1 Å². The lowest BCUT2D eigenvalue weighted by molar-refractivity contribution is -0.124. The minimum Gasteiger partial charge on any atom is -0.351 e. The lowest BCUT2D eigenvalue weighted by Crippen LogP contribution is -2.42. The van der Waals surface area contributed by atoms with Gasteiger partial charge in [0, 0.05) is 12.1 Å². The molecule has 2 aliphatic heterocycles. The van der Waals surface area contributed by atoms with Gasteiger partial charge in [-0.15, -0.1) is 0 Å². The fourth-order valence-corrected chi connectivity index (χ4v) is 4.42. The van der Waals surface area contributed by atoms with Crippen LogP contribution >= 0.6 is 11.8 Å². The normalized spacial score (nSPS) is 18.3. The van der Waals surface area contributed by atoms with E-state index in [1.807, 2.05) is 68.4 Å². The minimum atomic E-state index is -0.406. The summed E-state index contributed by atoms with van der Waals surface area (Å²) >= 11 is 1.29. The van der Waals surface area contributed by atoms with Crippen LogP contribution in [0.1, 0.15) is 37.8 Å². The Bertz CT molecular complexity index is 1020. The van der Waals surface area contributed by atoms with Crippen molar-refractivity contribution in [1.29, 1.82) is 0 Å². The van der Waals surface area contributed by atoms with Crippen molar-refractivity contribution < 1.29 is 9.59 Å². The number of nitrogens with zero attached hydrogens (tertiary/aromatic N) is 3. The maximum absolute atomic E-state index is 13.0. The summed E-state index contributed by atoms with van der Waals surface area (Å²) in [6.45, 7) is 4.34. The number of amides is 2. The molecule has 2 aromatic rings. The summed E-state index contributed by atoms with van der Waals surface area (Å²) in [5.74, 6) is 0.480. The molecule has 0 spiro atoms. The minimum absolute atomic E-state index is 0.0653. The first-order valence-corrected chi connectivity index (χ1v) is 11.0. The van der Waals surface area contributed by atoms with Crippen LogP contribution in [0.15, 0.2) is 64.6 Å². The quantitative estimate of drug-likeness (QED) is 0.771. The zero-order chi connectivity index (χ0) is 21.1. The van der Waals surface area contributed by atoms with Crippen LogP contribution in [-0.4, -0.2) is 39.0 Å². The first-order chi connectivity index (χ1) is 14.6. The topological polar surface area (TPSA) is 74.1 Å². The molecule has 1 N–H and O–H groups in total. The molecule has 30 heavy (non-hydrogen) atoms. The third-order valence-corrected chi connectivity index (χ3v) is 6.12. The zero-order valence-electron chi connectivity index (χ0n) is 17.0. The van der Waals surface area contributed by atoms with Gasteiger partial charge in [-0.3, -0.25) is 14.6 Å². The van der Waals surface area contributed by atoms with E-state index >= 15 is 0 Å². The molecule has 0 aliphatic carbocycles. The van der Waals surface area contributed by atoms with Gasteiger partial charge in [0.15, 0.2) is 5.17 Å². The van der Waals surface area contributed by atoms with E-state index in [1.165, 1.54) is 11.8 Å². The van der Waals surface area contributed by atoms with Gasteiger partial charge >= 0.3 is 0 Å². The number of benzene rings is 2. The van der Waals surface area contributed by atoms with E-state index in [0.717, 1.165) is 23.2 Å². The second kappa shape index (κ2) is 8.83. The van der Waals surface area contributed by atoms with E-state index in [0.29, 0.717) is 24.0 Å². The fourth-order valence-electron chi connectivity index (χ4n) is 3.48. The monoisotopic (exact) mass is 420 g/mol. The molecule has 6 nitrogen and oxygen atoms in total. The first-order valence-electron chi connectivity index (χ1n) is 10.2. The average molecular weight is 421 g/mol. The van der Waals surface area contributed by atoms with Crippen LogP contribution in [0, 0.1) is 0 Å². The van der Waals surface area contributed by atoms with E-state index in [4.69, 9.17) is 9.98 Å². The Morgan fingerprint density at radius 2 is 1.90 bits per heavy atom. The van der Waals surface area contributed by atoms with Crippen molar-refractivity contribution in [2.24, 2.45) is 9.98 Å². The molecule has 0 saturated carbocycles. The van der Waals surface area contributed by atoms with Gasteiger partial charge in [0.2, 0.25) is 5.91 Å². The van der Waals surface area contributed by atoms with Crippen molar-refractivity contribution in [3.8, 4) is 0 Å². The highest BCUT2D eigenvalue weighted by atomic mass is 32.2. The van der Waals surface area contributed by atoms with Crippen molar-refractivity contribution >= 4 is 40.3 Å². The van der Waals surface area contributed by atoms with Gasteiger partial charge in [-0.1, -0.05) is 67.6 Å². The van der Waals surface area contributed by atoms with Gasteiger partial charge in [0.05, 0.1) is 10.9 Å². The van der Waals surface area contributed by atoms with E-state index in [1.54, 1.807) is 4.90 Å². The maximum Gasteiger partial charge on any atom is 0.259 e. The Hall–Kier alpha value is -2.93. The summed E-state index contributed by atoms with van der Waals surface area (Å²) in [5, 5.41) is 3.07. The number of amidine groups is 2. The molecule has 2 amide bonds. The molecule has 2 aliphatic rings. The second-order valence-corrected chi connectivity index (χ2v) is 8.61. The molecule has 0 saturated heterocycles. The van der Waals surface area contributed by atoms with Crippen LogP contribution in [0.5, 0.6) is 0 Å². The van der Waals surface area contributed by atoms with Crippen LogP contribution in [0.2, 0.25) is 0 Å². The highest BCUT2D eigenvalue weighted by Crippen LogP contribution is 2.35. The fraction of sp³-hybridized carbons (Fsp3) is 0.304. The molecular formula is C23H24N4O2S. The Morgan fingerprint density at radius 3 is 2.67 bits per heavy atom. The summed E-state index contributed by atoms with van der Waals surface area (Å²) < 4.78 is 0. The summed E-state index contributed by atoms with van der Waals surface area (Å²) in [6, 6.07) is 17.1. The first kappa shape index (κ1) is 20.3. The summed E-state index contributed by atoms with van der Waals surface area (Å²) in [6.07, 6.45) is 1.58. The number of carbonyl (C=O) groups excluding carboxylic acids is 2. The number of fused-ring (bicyclic) bond motifs is 3. The molecule has 2 atom stereocenters. The number of para-hydroxylation sites is 1. The van der Waals surface area contributed by atoms with Crippen LogP contribution in [0.4, 0.5) is 5.69 Å². The number of hydrogen-bond donors (Lipinski definition) is 1. The predicted octanol–water partition coefficient (Wildman–Crippen LogP) is 3.88. The second-order valence-electron chi connectivity index (χ2n) is 7.31. The molecule has 0 bridgehead atoms. The molecule has 0 radical (unpaired) electrons. The van der Waals surface area contributed by atoms with Crippen LogP contribution in [0.25, 0.3) is 0 Å². The highest BCUT2D eigenvalue weighted by Gasteiger charge is 2.41. The van der Waals surface area contributed by atoms with Gasteiger partial charge in [-0.25, -0.2) is 9.89 Å². The number of hydrogen-bond acceptors (Lipinski definition) is 5. The number of thioether (sulfide) groups is 1. The number of rotatable bonds is 6. The average Bonchev–Trinajstić information content (AvgIpc) is 3.10. The van der Waals surface area contributed by atoms with Gasteiger partial charge in [0.25, 0.3) is 5.91 Å². The lowest BCUT2D eigenvalue weighted by Gasteiger charge is -2.26. The lowest BCUT2D eigenvalue weighted by atomic mass is 10.1. The Balaban J connectivity index is 1.53. The van der Waals surface area contributed by atoms with Crippen LogP contribution in [0.3, 0.4) is 0 Å². The number of aliphatic imine (C=N–C) groups is 2. The Labute approximate surface area is 180 Å². The zero-order valence-corrected chi connectivity index (χ0v) is 17.9. The largest absolute Gasteiger partial charge is 0.351 e. The summed E-state index contributed by atoms with van der Waals surface area (Å²) in [4.78, 5) is 36.7. The van der Waals surface area contributed by atoms with E-state index in [-0.39, 0.29) is 17.9 Å². The molecule has 7 heteroatoms. The maximum atomic E-state index is 13.0. The number of nitrogens with one attached hydrogen (secondary N) is 1. The molecule has 154 valence electrons. The molecule has 4 rings (SSSR count). The summed E-state index contributed by atoms with van der Waals surface area (Å²) in [7, 11) is 0. The van der Waals surface area contributed by atoms with Gasteiger partial charge in [-0.2, -0.15) is 0 Å². The van der Waals surface area contributed by atoms with Crippen molar-refractivity contribution in [2.45, 2.75) is 44.5 Å². The SMILES string of the molecule is CCCC1N=C2c3ccccc3N=C(SC(C)C(=O)NCc3ccccc3)N2C1=O. The van der Waals surface area contributed by atoms with Gasteiger partial charge in [-0.05, 0) is 31.0 Å². The Morgan fingerprint density at radius 1 is 1.17 bits per heavy atom. The molecule has 0 fully saturated rings. The highest BCUT2D eigenvalue weighted by molar-refractivity contribution is 8.15. The Kier molecular flexibility index (Phi) is 5.99. The van der Waals surface area contributed by atoms with Crippen molar-refractivity contribution in [3.05, 3.63) is 65.7 Å². The molecule has 0 aromatic heterocycles. The molecule has 2 aromatic carbocycles. The number of carbonyl (C=O) groups is 2. The van der Waals surface area contributed by atoms with Crippen molar-refractivity contribution in [2.75, 3.05) is 0 Å². The van der Waals surface area contributed by atoms with E-state index < -0.39 is 5.25 Å².